The van der Waals surface area contributed by atoms with Gasteiger partial charge in [-0.1, -0.05) is 42.5 Å². The Morgan fingerprint density at radius 2 is 1.71 bits per heavy atom. The van der Waals surface area contributed by atoms with Gasteiger partial charge in [0.2, 0.25) is 0 Å². The topological polar surface area (TPSA) is 56.1 Å². The van der Waals surface area contributed by atoms with Crippen molar-refractivity contribution in [1.29, 1.82) is 0 Å². The second kappa shape index (κ2) is 6.45. The Morgan fingerprint density at radius 1 is 1.04 bits per heavy atom. The summed E-state index contributed by atoms with van der Waals surface area (Å²) < 4.78 is 27.2. The average molecular weight is 339 g/mol. The molecule has 0 unspecified atom stereocenters. The van der Waals surface area contributed by atoms with Gasteiger partial charge in [0.05, 0.1) is 10.4 Å². The molecule has 3 rings (SSSR count). The van der Waals surface area contributed by atoms with E-state index in [0.717, 1.165) is 17.2 Å². The van der Waals surface area contributed by atoms with Crippen LogP contribution in [0.25, 0.3) is 10.9 Å². The maximum atomic E-state index is 12.9. The molecule has 0 aliphatic heterocycles. The van der Waals surface area contributed by atoms with E-state index in [1.165, 1.54) is 3.97 Å². The summed E-state index contributed by atoms with van der Waals surface area (Å²) in [5.74, 6) is 0. The molecule has 0 spiro atoms. The van der Waals surface area contributed by atoms with E-state index < -0.39 is 10.0 Å². The Bertz CT molecular complexity index is 1020. The molecule has 0 radical (unpaired) electrons. The van der Waals surface area contributed by atoms with Crippen molar-refractivity contribution in [2.24, 2.45) is 0 Å². The quantitative estimate of drug-likeness (QED) is 0.527. The molecule has 0 aliphatic carbocycles. The SMILES string of the molecule is CC(C=O)=CCc1cn(S(=O)(=O)c2ccccc2)c2ccccc12. The summed E-state index contributed by atoms with van der Waals surface area (Å²) >= 11 is 0. The van der Waals surface area contributed by atoms with Crippen molar-refractivity contribution < 1.29 is 13.2 Å². The highest BCUT2D eigenvalue weighted by atomic mass is 32.2. The van der Waals surface area contributed by atoms with Gasteiger partial charge < -0.3 is 0 Å². The standard InChI is InChI=1S/C19H17NO3S/c1-15(14-21)11-12-16-13-20(19-10-6-5-9-18(16)19)24(22,23)17-7-3-2-4-8-17/h2-11,13-14H,12H2,1H3. The molecule has 0 aliphatic rings. The van der Waals surface area contributed by atoms with Gasteiger partial charge >= 0.3 is 0 Å². The second-order valence-corrected chi connectivity index (χ2v) is 7.37. The smallest absolute Gasteiger partial charge is 0.268 e. The van der Waals surface area contributed by atoms with Crippen LogP contribution < -0.4 is 0 Å². The maximum Gasteiger partial charge on any atom is 0.268 e. The van der Waals surface area contributed by atoms with E-state index in [4.69, 9.17) is 0 Å². The number of carbonyl (C=O) groups excluding carboxylic acids is 1. The maximum absolute atomic E-state index is 12.9. The lowest BCUT2D eigenvalue weighted by molar-refractivity contribution is -0.104. The summed E-state index contributed by atoms with van der Waals surface area (Å²) in [5.41, 5.74) is 2.12. The molecule has 0 saturated heterocycles. The summed E-state index contributed by atoms with van der Waals surface area (Å²) in [5, 5.41) is 0.868. The van der Waals surface area contributed by atoms with Crippen molar-refractivity contribution in [2.75, 3.05) is 0 Å². The molecule has 5 heteroatoms. The fourth-order valence-electron chi connectivity index (χ4n) is 2.60. The third-order valence-electron chi connectivity index (χ3n) is 3.89. The minimum absolute atomic E-state index is 0.247. The van der Waals surface area contributed by atoms with E-state index in [2.05, 4.69) is 0 Å². The lowest BCUT2D eigenvalue weighted by Crippen LogP contribution is -2.11. The Balaban J connectivity index is 2.18. The minimum Gasteiger partial charge on any atom is -0.298 e. The number of carbonyl (C=O) groups is 1. The van der Waals surface area contributed by atoms with E-state index in [-0.39, 0.29) is 4.90 Å². The zero-order chi connectivity index (χ0) is 17.2. The molecule has 0 bridgehead atoms. The van der Waals surface area contributed by atoms with E-state index in [1.807, 2.05) is 18.2 Å². The number of fused-ring (bicyclic) bond motifs is 1. The van der Waals surface area contributed by atoms with Crippen molar-refractivity contribution in [3.05, 3.63) is 78.0 Å². The number of allylic oxidation sites excluding steroid dienone is 2. The minimum atomic E-state index is -3.66. The lowest BCUT2D eigenvalue weighted by Gasteiger charge is -2.07. The van der Waals surface area contributed by atoms with Crippen LogP contribution >= 0.6 is 0 Å². The Morgan fingerprint density at radius 3 is 2.42 bits per heavy atom. The first-order valence-electron chi connectivity index (χ1n) is 7.55. The van der Waals surface area contributed by atoms with E-state index in [9.17, 15) is 13.2 Å². The molecule has 0 atom stereocenters. The highest BCUT2D eigenvalue weighted by Gasteiger charge is 2.20. The van der Waals surface area contributed by atoms with Crippen molar-refractivity contribution in [3.63, 3.8) is 0 Å². The molecule has 1 aromatic heterocycles. The highest BCUT2D eigenvalue weighted by Crippen LogP contribution is 2.26. The van der Waals surface area contributed by atoms with Crippen LogP contribution in [0.15, 0.2) is 77.3 Å². The van der Waals surface area contributed by atoms with Crippen molar-refractivity contribution in [2.45, 2.75) is 18.2 Å². The van der Waals surface area contributed by atoms with Gasteiger partial charge in [0.15, 0.2) is 0 Å². The Hall–Kier alpha value is -2.66. The normalized spacial score (nSPS) is 12.5. The van der Waals surface area contributed by atoms with E-state index >= 15 is 0 Å². The third-order valence-corrected chi connectivity index (χ3v) is 5.58. The van der Waals surface area contributed by atoms with Crippen LogP contribution in [0.2, 0.25) is 0 Å². The average Bonchev–Trinajstić information content (AvgIpc) is 3.00. The largest absolute Gasteiger partial charge is 0.298 e. The number of hydrogen-bond donors (Lipinski definition) is 0. The predicted octanol–water partition coefficient (Wildman–Crippen LogP) is 3.57. The van der Waals surface area contributed by atoms with Crippen LogP contribution in [0.1, 0.15) is 12.5 Å². The number of rotatable bonds is 5. The van der Waals surface area contributed by atoms with Crippen molar-refractivity contribution in [1.82, 2.24) is 3.97 Å². The summed E-state index contributed by atoms with van der Waals surface area (Å²) in [6.45, 7) is 1.73. The number of aldehydes is 1. The van der Waals surface area contributed by atoms with Crippen LogP contribution in [0.4, 0.5) is 0 Å². The summed E-state index contributed by atoms with van der Waals surface area (Å²) in [6, 6.07) is 15.7. The molecule has 4 nitrogen and oxygen atoms in total. The molecule has 24 heavy (non-hydrogen) atoms. The van der Waals surface area contributed by atoms with Gasteiger partial charge in [-0.25, -0.2) is 12.4 Å². The molecule has 122 valence electrons. The summed E-state index contributed by atoms with van der Waals surface area (Å²) in [7, 11) is -3.66. The lowest BCUT2D eigenvalue weighted by atomic mass is 10.1. The summed E-state index contributed by atoms with van der Waals surface area (Å²) in [6.07, 6.45) is 4.73. The van der Waals surface area contributed by atoms with Crippen molar-refractivity contribution in [3.8, 4) is 0 Å². The monoisotopic (exact) mass is 339 g/mol. The number of nitrogens with zero attached hydrogens (tertiary/aromatic N) is 1. The number of para-hydroxylation sites is 1. The molecule has 0 fully saturated rings. The fraction of sp³-hybridized carbons (Fsp3) is 0.105. The number of hydrogen-bond acceptors (Lipinski definition) is 3. The number of benzene rings is 2. The van der Waals surface area contributed by atoms with Crippen LogP contribution in [0.5, 0.6) is 0 Å². The van der Waals surface area contributed by atoms with Crippen LogP contribution in [-0.2, 0) is 21.2 Å². The third kappa shape index (κ3) is 2.90. The zero-order valence-corrected chi connectivity index (χ0v) is 14.0. The molecule has 3 aromatic rings. The Labute approximate surface area is 141 Å². The van der Waals surface area contributed by atoms with Crippen LogP contribution in [0.3, 0.4) is 0 Å². The van der Waals surface area contributed by atoms with Crippen molar-refractivity contribution >= 4 is 27.2 Å². The van der Waals surface area contributed by atoms with Gasteiger partial charge in [-0.15, -0.1) is 0 Å². The first kappa shape index (κ1) is 16.2. The molecule has 2 aromatic carbocycles. The first-order valence-corrected chi connectivity index (χ1v) is 8.99. The molecular formula is C19H17NO3S. The fourth-order valence-corrected chi connectivity index (χ4v) is 4.02. The first-order chi connectivity index (χ1) is 11.5. The van der Waals surface area contributed by atoms with E-state index in [0.29, 0.717) is 17.5 Å². The zero-order valence-electron chi connectivity index (χ0n) is 13.2. The van der Waals surface area contributed by atoms with Gasteiger partial charge in [0.1, 0.15) is 6.29 Å². The van der Waals surface area contributed by atoms with Crippen LogP contribution in [-0.4, -0.2) is 18.7 Å². The highest BCUT2D eigenvalue weighted by molar-refractivity contribution is 7.90. The number of aromatic nitrogens is 1. The summed E-state index contributed by atoms with van der Waals surface area (Å²) in [4.78, 5) is 11.0. The van der Waals surface area contributed by atoms with Gasteiger partial charge in [-0.2, -0.15) is 0 Å². The van der Waals surface area contributed by atoms with Crippen LogP contribution in [0, 0.1) is 0 Å². The van der Waals surface area contributed by atoms with Gasteiger partial charge in [-0.3, -0.25) is 4.79 Å². The van der Waals surface area contributed by atoms with Gasteiger partial charge in [0.25, 0.3) is 10.0 Å². The molecule has 0 saturated carbocycles. The predicted molar refractivity (Wildman–Crippen MR) is 94.5 cm³/mol. The van der Waals surface area contributed by atoms with E-state index in [1.54, 1.807) is 55.6 Å². The van der Waals surface area contributed by atoms with Gasteiger partial charge in [0, 0.05) is 11.6 Å². The molecular weight excluding hydrogens is 322 g/mol. The molecule has 1 heterocycles. The molecule has 0 N–H and O–H groups in total. The van der Waals surface area contributed by atoms with Gasteiger partial charge in [-0.05, 0) is 42.7 Å². The second-order valence-electron chi connectivity index (χ2n) is 5.56. The Kier molecular flexibility index (Phi) is 4.36. The molecule has 0 amide bonds.